The first-order chi connectivity index (χ1) is 10.2. The highest BCUT2D eigenvalue weighted by Gasteiger charge is 2.20. The van der Waals surface area contributed by atoms with Crippen molar-refractivity contribution in [2.45, 2.75) is 32.4 Å². The number of rotatable bonds is 5. The molecule has 2 aromatic rings. The van der Waals surface area contributed by atoms with E-state index in [1.165, 1.54) is 18.4 Å². The van der Waals surface area contributed by atoms with Crippen molar-refractivity contribution in [3.05, 3.63) is 59.4 Å². The fourth-order valence-electron chi connectivity index (χ4n) is 2.06. The van der Waals surface area contributed by atoms with Crippen LogP contribution in [0.5, 0.6) is 0 Å². The largest absolute Gasteiger partial charge is 0.381 e. The molecule has 2 N–H and O–H groups in total. The summed E-state index contributed by atoms with van der Waals surface area (Å²) in [6, 6.07) is 12.4. The summed E-state index contributed by atoms with van der Waals surface area (Å²) in [5.74, 6) is -0.145. The summed E-state index contributed by atoms with van der Waals surface area (Å²) in [7, 11) is 0. The highest BCUT2D eigenvalue weighted by Crippen LogP contribution is 2.24. The summed E-state index contributed by atoms with van der Waals surface area (Å²) in [6.45, 7) is 2.56. The zero-order chi connectivity index (χ0) is 14.7. The van der Waals surface area contributed by atoms with Gasteiger partial charge >= 0.3 is 0 Å². The number of carbonyl (C=O) groups is 1. The second-order valence-corrected chi connectivity index (χ2v) is 5.52. The van der Waals surface area contributed by atoms with Crippen molar-refractivity contribution in [3.8, 4) is 0 Å². The number of benzene rings is 1. The maximum atomic E-state index is 12.0. The van der Waals surface area contributed by atoms with Crippen LogP contribution in [0.2, 0.25) is 0 Å². The van der Waals surface area contributed by atoms with Gasteiger partial charge in [-0.3, -0.25) is 4.79 Å². The summed E-state index contributed by atoms with van der Waals surface area (Å²) in [5, 5.41) is 6.24. The summed E-state index contributed by atoms with van der Waals surface area (Å²) in [5.41, 5.74) is 3.72. The van der Waals surface area contributed by atoms with Gasteiger partial charge in [-0.05, 0) is 37.5 Å². The predicted molar refractivity (Wildman–Crippen MR) is 83.2 cm³/mol. The van der Waals surface area contributed by atoms with Gasteiger partial charge in [0.2, 0.25) is 0 Å². The number of hydrogen-bond acceptors (Lipinski definition) is 3. The van der Waals surface area contributed by atoms with E-state index in [-0.39, 0.29) is 5.91 Å². The molecule has 1 amide bonds. The molecule has 1 saturated carbocycles. The molecule has 1 aliphatic carbocycles. The van der Waals surface area contributed by atoms with Gasteiger partial charge in [0.15, 0.2) is 0 Å². The maximum Gasteiger partial charge on any atom is 0.270 e. The maximum absolute atomic E-state index is 12.0. The molecule has 0 unspecified atom stereocenters. The Morgan fingerprint density at radius 1 is 1.19 bits per heavy atom. The Hall–Kier alpha value is -2.36. The summed E-state index contributed by atoms with van der Waals surface area (Å²) >= 11 is 0. The van der Waals surface area contributed by atoms with Crippen molar-refractivity contribution in [3.63, 3.8) is 0 Å². The normalized spacial score (nSPS) is 13.8. The molecule has 4 heteroatoms. The highest BCUT2D eigenvalue weighted by molar-refractivity contribution is 5.92. The van der Waals surface area contributed by atoms with Crippen LogP contribution in [-0.4, -0.2) is 16.9 Å². The number of aromatic nitrogens is 1. The Balaban J connectivity index is 1.55. The van der Waals surface area contributed by atoms with Crippen LogP contribution in [0.4, 0.5) is 5.69 Å². The standard InChI is InChI=1S/C17H19N3O/c1-12-2-4-13(5-3-12)10-19-17(21)16-9-8-15(11-18-16)20-14-6-7-14/h2-5,8-9,11,14,20H,6-7,10H2,1H3,(H,19,21). The van der Waals surface area contributed by atoms with Gasteiger partial charge in [0, 0.05) is 12.6 Å². The van der Waals surface area contributed by atoms with E-state index in [4.69, 9.17) is 0 Å². The van der Waals surface area contributed by atoms with Crippen molar-refractivity contribution in [2.75, 3.05) is 5.32 Å². The number of aryl methyl sites for hydroxylation is 1. The average Bonchev–Trinajstić information content (AvgIpc) is 3.31. The third kappa shape index (κ3) is 3.81. The molecule has 1 aromatic heterocycles. The van der Waals surface area contributed by atoms with E-state index in [9.17, 15) is 4.79 Å². The van der Waals surface area contributed by atoms with Crippen LogP contribution in [0.15, 0.2) is 42.6 Å². The number of carbonyl (C=O) groups excluding carboxylic acids is 1. The van der Waals surface area contributed by atoms with Crippen LogP contribution in [0.1, 0.15) is 34.5 Å². The summed E-state index contributed by atoms with van der Waals surface area (Å²) in [6.07, 6.45) is 4.16. The van der Waals surface area contributed by atoms with E-state index in [0.29, 0.717) is 18.3 Å². The van der Waals surface area contributed by atoms with Crippen LogP contribution >= 0.6 is 0 Å². The Bertz CT molecular complexity index is 615. The third-order valence-electron chi connectivity index (χ3n) is 3.52. The van der Waals surface area contributed by atoms with Crippen molar-refractivity contribution < 1.29 is 4.79 Å². The highest BCUT2D eigenvalue weighted by atomic mass is 16.1. The number of amides is 1. The van der Waals surface area contributed by atoms with Gasteiger partial charge in [-0.2, -0.15) is 0 Å². The molecule has 21 heavy (non-hydrogen) atoms. The Morgan fingerprint density at radius 2 is 1.95 bits per heavy atom. The molecule has 0 saturated heterocycles. The van der Waals surface area contributed by atoms with E-state index < -0.39 is 0 Å². The lowest BCUT2D eigenvalue weighted by atomic mass is 10.1. The molecule has 1 fully saturated rings. The van der Waals surface area contributed by atoms with Crippen LogP contribution in [0.3, 0.4) is 0 Å². The molecule has 0 aliphatic heterocycles. The van der Waals surface area contributed by atoms with Gasteiger partial charge in [0.25, 0.3) is 5.91 Å². The van der Waals surface area contributed by atoms with Gasteiger partial charge in [-0.25, -0.2) is 4.98 Å². The molecule has 108 valence electrons. The summed E-state index contributed by atoms with van der Waals surface area (Å²) in [4.78, 5) is 16.2. The van der Waals surface area contributed by atoms with Crippen molar-refractivity contribution in [1.82, 2.24) is 10.3 Å². The number of nitrogens with zero attached hydrogens (tertiary/aromatic N) is 1. The van der Waals surface area contributed by atoms with Gasteiger partial charge in [-0.15, -0.1) is 0 Å². The van der Waals surface area contributed by atoms with E-state index in [1.807, 2.05) is 37.3 Å². The minimum Gasteiger partial charge on any atom is -0.381 e. The number of hydrogen-bond donors (Lipinski definition) is 2. The van der Waals surface area contributed by atoms with E-state index >= 15 is 0 Å². The smallest absolute Gasteiger partial charge is 0.270 e. The first kappa shape index (κ1) is 13.6. The van der Waals surface area contributed by atoms with Gasteiger partial charge < -0.3 is 10.6 Å². The quantitative estimate of drug-likeness (QED) is 0.886. The first-order valence-electron chi connectivity index (χ1n) is 7.27. The molecule has 0 atom stereocenters. The van der Waals surface area contributed by atoms with Crippen LogP contribution in [0, 0.1) is 6.92 Å². The van der Waals surface area contributed by atoms with Gasteiger partial charge in [0.05, 0.1) is 11.9 Å². The number of pyridine rings is 1. The van der Waals surface area contributed by atoms with E-state index in [1.54, 1.807) is 12.3 Å². The minimum atomic E-state index is -0.145. The van der Waals surface area contributed by atoms with E-state index in [0.717, 1.165) is 11.3 Å². The molecule has 1 aromatic carbocycles. The second-order valence-electron chi connectivity index (χ2n) is 5.52. The van der Waals surface area contributed by atoms with Crippen molar-refractivity contribution in [2.24, 2.45) is 0 Å². The Morgan fingerprint density at radius 3 is 2.57 bits per heavy atom. The molecular weight excluding hydrogens is 262 g/mol. The van der Waals surface area contributed by atoms with Gasteiger partial charge in [-0.1, -0.05) is 29.8 Å². The predicted octanol–water partition coefficient (Wildman–Crippen LogP) is 2.89. The molecule has 4 nitrogen and oxygen atoms in total. The number of anilines is 1. The topological polar surface area (TPSA) is 54.0 Å². The summed E-state index contributed by atoms with van der Waals surface area (Å²) < 4.78 is 0. The molecule has 0 radical (unpaired) electrons. The fourth-order valence-corrected chi connectivity index (χ4v) is 2.06. The van der Waals surface area contributed by atoms with Crippen LogP contribution in [0.25, 0.3) is 0 Å². The Kier molecular flexibility index (Phi) is 3.86. The zero-order valence-corrected chi connectivity index (χ0v) is 12.1. The zero-order valence-electron chi connectivity index (χ0n) is 12.1. The SMILES string of the molecule is Cc1ccc(CNC(=O)c2ccc(NC3CC3)cn2)cc1. The monoisotopic (exact) mass is 281 g/mol. The minimum absolute atomic E-state index is 0.145. The third-order valence-corrected chi connectivity index (χ3v) is 3.52. The molecule has 1 heterocycles. The van der Waals surface area contributed by atoms with Crippen LogP contribution < -0.4 is 10.6 Å². The van der Waals surface area contributed by atoms with E-state index in [2.05, 4.69) is 15.6 Å². The second kappa shape index (κ2) is 5.95. The van der Waals surface area contributed by atoms with Crippen molar-refractivity contribution >= 4 is 11.6 Å². The fraction of sp³-hybridized carbons (Fsp3) is 0.294. The Labute approximate surface area is 124 Å². The van der Waals surface area contributed by atoms with Crippen molar-refractivity contribution in [1.29, 1.82) is 0 Å². The van der Waals surface area contributed by atoms with Crippen LogP contribution in [-0.2, 0) is 6.54 Å². The molecule has 0 spiro atoms. The lowest BCUT2D eigenvalue weighted by molar-refractivity contribution is 0.0946. The molecule has 0 bridgehead atoms. The lowest BCUT2D eigenvalue weighted by Gasteiger charge is -2.07. The first-order valence-corrected chi connectivity index (χ1v) is 7.27. The molecule has 1 aliphatic rings. The molecule has 3 rings (SSSR count). The average molecular weight is 281 g/mol. The lowest BCUT2D eigenvalue weighted by Crippen LogP contribution is -2.23. The van der Waals surface area contributed by atoms with Gasteiger partial charge in [0.1, 0.15) is 5.69 Å². The molecular formula is C17H19N3O. The number of nitrogens with one attached hydrogen (secondary N) is 2.